The number of ether oxygens (including phenoxy) is 1. The second-order valence-corrected chi connectivity index (χ2v) is 6.41. The lowest BCUT2D eigenvalue weighted by Gasteiger charge is -2.19. The van der Waals surface area contributed by atoms with Crippen molar-refractivity contribution in [2.45, 2.75) is 26.0 Å². The molecule has 0 aliphatic rings. The van der Waals surface area contributed by atoms with Crippen molar-refractivity contribution in [3.05, 3.63) is 20.8 Å². The summed E-state index contributed by atoms with van der Waals surface area (Å²) in [6.45, 7) is 3.31. The van der Waals surface area contributed by atoms with Gasteiger partial charge in [-0.3, -0.25) is 9.69 Å². The van der Waals surface area contributed by atoms with Gasteiger partial charge in [0.15, 0.2) is 0 Å². The van der Waals surface area contributed by atoms with E-state index in [0.717, 1.165) is 10.3 Å². The van der Waals surface area contributed by atoms with Crippen molar-refractivity contribution in [3.63, 3.8) is 0 Å². The van der Waals surface area contributed by atoms with Gasteiger partial charge in [0.2, 0.25) is 0 Å². The molecule has 0 saturated heterocycles. The molecule has 1 unspecified atom stereocenters. The predicted octanol–water partition coefficient (Wildman–Crippen LogP) is 2.26. The molecule has 1 atom stereocenters. The first-order valence-electron chi connectivity index (χ1n) is 5.76. The summed E-state index contributed by atoms with van der Waals surface area (Å²) in [6, 6.07) is 2.05. The molecule has 0 spiro atoms. The van der Waals surface area contributed by atoms with E-state index in [2.05, 4.69) is 27.4 Å². The largest absolute Gasteiger partial charge is 0.466 e. The molecule has 0 aliphatic carbocycles. The Hall–Kier alpha value is -0.430. The first-order chi connectivity index (χ1) is 8.51. The molecule has 1 rings (SSSR count). The molecular formula is C12H18BrNO3S. The third-order valence-corrected chi connectivity index (χ3v) is 3.86. The van der Waals surface area contributed by atoms with Gasteiger partial charge in [-0.05, 0) is 46.9 Å². The molecule has 0 aromatic carbocycles. The summed E-state index contributed by atoms with van der Waals surface area (Å²) in [4.78, 5) is 13.2. The second-order valence-electron chi connectivity index (χ2n) is 4.12. The van der Waals surface area contributed by atoms with Crippen LogP contribution in [-0.2, 0) is 16.1 Å². The lowest BCUT2D eigenvalue weighted by molar-refractivity contribution is -0.145. The fraction of sp³-hybridized carbons (Fsp3) is 0.583. The maximum absolute atomic E-state index is 11.2. The van der Waals surface area contributed by atoms with Crippen LogP contribution in [0.25, 0.3) is 0 Å². The van der Waals surface area contributed by atoms with Gasteiger partial charge in [-0.15, -0.1) is 11.3 Å². The molecule has 6 heteroatoms. The third kappa shape index (κ3) is 5.95. The molecule has 1 heterocycles. The van der Waals surface area contributed by atoms with Crippen LogP contribution in [0.3, 0.4) is 0 Å². The van der Waals surface area contributed by atoms with Gasteiger partial charge in [-0.1, -0.05) is 0 Å². The minimum Gasteiger partial charge on any atom is -0.466 e. The van der Waals surface area contributed by atoms with Crippen molar-refractivity contribution in [2.24, 2.45) is 0 Å². The third-order valence-electron chi connectivity index (χ3n) is 2.30. The molecule has 0 aliphatic heterocycles. The normalized spacial score (nSPS) is 12.7. The first-order valence-corrected chi connectivity index (χ1v) is 7.43. The number of halogens is 1. The fourth-order valence-electron chi connectivity index (χ4n) is 1.64. The van der Waals surface area contributed by atoms with E-state index < -0.39 is 6.10 Å². The molecule has 1 aromatic heterocycles. The number of esters is 1. The number of aliphatic hydroxyl groups is 1. The minimum absolute atomic E-state index is 0.0471. The van der Waals surface area contributed by atoms with Gasteiger partial charge in [0.05, 0.1) is 22.9 Å². The number of rotatable bonds is 7. The number of nitrogens with zero attached hydrogens (tertiary/aromatic N) is 1. The number of thiophene rings is 1. The highest BCUT2D eigenvalue weighted by atomic mass is 79.9. The summed E-state index contributed by atoms with van der Waals surface area (Å²) < 4.78 is 5.89. The van der Waals surface area contributed by atoms with Crippen molar-refractivity contribution in [2.75, 3.05) is 20.2 Å². The van der Waals surface area contributed by atoms with Crippen LogP contribution in [-0.4, -0.2) is 42.3 Å². The molecule has 1 N–H and O–H groups in total. The molecule has 4 nitrogen and oxygen atoms in total. The summed E-state index contributed by atoms with van der Waals surface area (Å²) in [7, 11) is 1.92. The number of hydrogen-bond acceptors (Lipinski definition) is 5. The Morgan fingerprint density at radius 1 is 1.67 bits per heavy atom. The molecule has 0 bridgehead atoms. The molecule has 0 fully saturated rings. The fourth-order valence-corrected chi connectivity index (χ4v) is 2.84. The Balaban J connectivity index is 2.30. The monoisotopic (exact) mass is 335 g/mol. The highest BCUT2D eigenvalue weighted by molar-refractivity contribution is 9.11. The molecule has 0 amide bonds. The van der Waals surface area contributed by atoms with E-state index >= 15 is 0 Å². The maximum Gasteiger partial charge on any atom is 0.308 e. The van der Waals surface area contributed by atoms with Gasteiger partial charge in [0.25, 0.3) is 0 Å². The van der Waals surface area contributed by atoms with E-state index in [1.165, 1.54) is 5.56 Å². The van der Waals surface area contributed by atoms with E-state index in [1.54, 1.807) is 18.3 Å². The van der Waals surface area contributed by atoms with Gasteiger partial charge in [0, 0.05) is 13.1 Å². The lowest BCUT2D eigenvalue weighted by Crippen LogP contribution is -2.30. The van der Waals surface area contributed by atoms with Gasteiger partial charge >= 0.3 is 5.97 Å². The van der Waals surface area contributed by atoms with Crippen LogP contribution >= 0.6 is 27.3 Å². The Labute approximate surface area is 120 Å². The van der Waals surface area contributed by atoms with Crippen molar-refractivity contribution in [1.29, 1.82) is 0 Å². The summed E-state index contributed by atoms with van der Waals surface area (Å²) >= 11 is 5.05. The number of likely N-dealkylation sites (N-methyl/N-ethyl adjacent to an activating group) is 1. The number of carbonyl (C=O) groups is 1. The highest BCUT2D eigenvalue weighted by Crippen LogP contribution is 2.21. The quantitative estimate of drug-likeness (QED) is 0.776. The number of aliphatic hydroxyl groups excluding tert-OH is 1. The predicted molar refractivity (Wildman–Crippen MR) is 75.6 cm³/mol. The van der Waals surface area contributed by atoms with Gasteiger partial charge in [0.1, 0.15) is 0 Å². The van der Waals surface area contributed by atoms with Crippen LogP contribution in [0.15, 0.2) is 15.2 Å². The van der Waals surface area contributed by atoms with E-state index in [-0.39, 0.29) is 12.4 Å². The van der Waals surface area contributed by atoms with Crippen LogP contribution in [0.1, 0.15) is 18.9 Å². The zero-order valence-corrected chi connectivity index (χ0v) is 13.0. The Bertz CT molecular complexity index is 383. The van der Waals surface area contributed by atoms with Gasteiger partial charge < -0.3 is 9.84 Å². The van der Waals surface area contributed by atoms with Crippen molar-refractivity contribution < 1.29 is 14.6 Å². The average molecular weight is 336 g/mol. The van der Waals surface area contributed by atoms with Crippen LogP contribution in [0.2, 0.25) is 0 Å². The highest BCUT2D eigenvalue weighted by Gasteiger charge is 2.14. The molecule has 0 radical (unpaired) electrons. The van der Waals surface area contributed by atoms with Gasteiger partial charge in [-0.25, -0.2) is 0 Å². The molecular weight excluding hydrogens is 318 g/mol. The maximum atomic E-state index is 11.2. The molecule has 0 saturated carbocycles. The van der Waals surface area contributed by atoms with Crippen LogP contribution in [0, 0.1) is 0 Å². The van der Waals surface area contributed by atoms with E-state index in [0.29, 0.717) is 13.2 Å². The van der Waals surface area contributed by atoms with Gasteiger partial charge in [-0.2, -0.15) is 0 Å². The van der Waals surface area contributed by atoms with Crippen LogP contribution in [0.5, 0.6) is 0 Å². The Morgan fingerprint density at radius 3 is 2.94 bits per heavy atom. The van der Waals surface area contributed by atoms with Crippen molar-refractivity contribution in [1.82, 2.24) is 4.90 Å². The summed E-state index contributed by atoms with van der Waals surface area (Å²) in [6.07, 6.45) is -0.637. The topological polar surface area (TPSA) is 49.8 Å². The summed E-state index contributed by atoms with van der Waals surface area (Å²) in [5.41, 5.74) is 1.19. The molecule has 102 valence electrons. The van der Waals surface area contributed by atoms with Crippen molar-refractivity contribution >= 4 is 33.2 Å². The zero-order chi connectivity index (χ0) is 13.5. The smallest absolute Gasteiger partial charge is 0.308 e. The number of carbonyl (C=O) groups excluding carboxylic acids is 1. The minimum atomic E-state index is -0.684. The van der Waals surface area contributed by atoms with E-state index in [9.17, 15) is 9.90 Å². The second kappa shape index (κ2) is 7.89. The van der Waals surface area contributed by atoms with E-state index in [1.807, 2.05) is 11.9 Å². The summed E-state index contributed by atoms with van der Waals surface area (Å²) in [5.74, 6) is -0.350. The van der Waals surface area contributed by atoms with Crippen LogP contribution in [0.4, 0.5) is 0 Å². The summed E-state index contributed by atoms with van der Waals surface area (Å²) in [5, 5.41) is 11.8. The zero-order valence-electron chi connectivity index (χ0n) is 10.6. The molecule has 1 aromatic rings. The first kappa shape index (κ1) is 15.6. The standard InChI is InChI=1S/C12H18BrNO3S/c1-3-17-12(16)5-10(15)7-14(2)6-9-4-11(13)18-8-9/h4,8,10,15H,3,5-7H2,1-2H3. The lowest BCUT2D eigenvalue weighted by atomic mass is 10.2. The van der Waals surface area contributed by atoms with Crippen molar-refractivity contribution in [3.8, 4) is 0 Å². The van der Waals surface area contributed by atoms with E-state index in [4.69, 9.17) is 4.74 Å². The Morgan fingerprint density at radius 2 is 2.39 bits per heavy atom. The average Bonchev–Trinajstić information content (AvgIpc) is 2.63. The van der Waals surface area contributed by atoms with Crippen LogP contribution < -0.4 is 0 Å². The Kier molecular flexibility index (Phi) is 6.85. The molecule has 18 heavy (non-hydrogen) atoms. The SMILES string of the molecule is CCOC(=O)CC(O)CN(C)Cc1csc(Br)c1. The number of hydrogen-bond donors (Lipinski definition) is 1.